The zero-order chi connectivity index (χ0) is 43.0. The zero-order valence-electron chi connectivity index (χ0n) is 35.6. The van der Waals surface area contributed by atoms with Crippen molar-refractivity contribution >= 4 is 66.5 Å². The molecule has 6 heteroatoms. The number of benzene rings is 8. The molecule has 1 atom stereocenters. The number of hydrogen-bond acceptors (Lipinski definition) is 4. The summed E-state index contributed by atoms with van der Waals surface area (Å²) in [5.41, 5.74) is 11.7. The van der Waals surface area contributed by atoms with Crippen LogP contribution in [0.2, 0.25) is 0 Å². The minimum absolute atomic E-state index is 0.430. The Morgan fingerprint density at radius 1 is 0.400 bits per heavy atom. The molecule has 4 aromatic heterocycles. The Labute approximate surface area is 374 Å². The Balaban J connectivity index is 1.07. The lowest BCUT2D eigenvalue weighted by Crippen LogP contribution is -2.33. The molecular weight excluding hydrogens is 793 g/mol. The van der Waals surface area contributed by atoms with Gasteiger partial charge in [-0.3, -0.25) is 4.57 Å². The molecule has 0 fully saturated rings. The fourth-order valence-corrected chi connectivity index (χ4v) is 9.98. The van der Waals surface area contributed by atoms with E-state index in [1.807, 2.05) is 36.4 Å². The lowest BCUT2D eigenvalue weighted by atomic mass is 9.95. The average Bonchev–Trinajstić information content (AvgIpc) is 3.88. The lowest BCUT2D eigenvalue weighted by molar-refractivity contribution is 0.796. The third-order valence-corrected chi connectivity index (χ3v) is 13.1. The maximum atomic E-state index is 5.42. The summed E-state index contributed by atoms with van der Waals surface area (Å²) in [6.07, 6.45) is 5.70. The molecule has 12 aromatic rings. The lowest BCUT2D eigenvalue weighted by Gasteiger charge is -2.13. The highest BCUT2D eigenvalue weighted by atomic mass is 15.2. The van der Waals surface area contributed by atoms with Crippen LogP contribution < -0.4 is 10.6 Å². The first-order chi connectivity index (χ1) is 32.1. The largest absolute Gasteiger partial charge is 0.309 e. The third kappa shape index (κ3) is 6.10. The monoisotopic (exact) mass is 832 g/mol. The molecule has 0 N–H and O–H groups in total. The van der Waals surface area contributed by atoms with Gasteiger partial charge in [-0.1, -0.05) is 159 Å². The molecule has 0 bridgehead atoms. The minimum Gasteiger partial charge on any atom is -0.309 e. The molecule has 1 aliphatic carbocycles. The van der Waals surface area contributed by atoms with Crippen molar-refractivity contribution in [3.8, 4) is 56.8 Å². The molecule has 0 radical (unpaired) electrons. The van der Waals surface area contributed by atoms with E-state index < -0.39 is 0 Å². The minimum atomic E-state index is 0.430. The SMILES string of the molecule is CC1C=c2nc(-c3ccc4c(c3)c3cc(-c5ccc6c(c5)c5ccccc5n6-c5ccccc5)ccc3n4-c3nc(-c4ccccc4)nc(-c4ccccc4)n3)c3ccccc3c2=CC1. The summed E-state index contributed by atoms with van der Waals surface area (Å²) in [7, 11) is 0. The van der Waals surface area contributed by atoms with Crippen LogP contribution in [0.4, 0.5) is 0 Å². The van der Waals surface area contributed by atoms with Crippen LogP contribution in [0, 0.1) is 5.92 Å². The molecule has 8 aromatic carbocycles. The van der Waals surface area contributed by atoms with E-state index >= 15 is 0 Å². The van der Waals surface area contributed by atoms with Gasteiger partial charge in [0, 0.05) is 54.5 Å². The second kappa shape index (κ2) is 14.8. The summed E-state index contributed by atoms with van der Waals surface area (Å²) in [4.78, 5) is 20.9. The van der Waals surface area contributed by atoms with Gasteiger partial charge in [0.05, 0.1) is 33.1 Å². The summed E-state index contributed by atoms with van der Waals surface area (Å²) in [5.74, 6) is 2.23. The van der Waals surface area contributed by atoms with E-state index in [1.54, 1.807) is 0 Å². The van der Waals surface area contributed by atoms with Gasteiger partial charge < -0.3 is 4.57 Å². The first-order valence-corrected chi connectivity index (χ1v) is 22.3. The van der Waals surface area contributed by atoms with Gasteiger partial charge in [-0.25, -0.2) is 9.97 Å². The molecule has 1 aliphatic rings. The van der Waals surface area contributed by atoms with Crippen molar-refractivity contribution in [3.63, 3.8) is 0 Å². The number of nitrogens with zero attached hydrogens (tertiary/aromatic N) is 6. The van der Waals surface area contributed by atoms with Crippen LogP contribution in [0.5, 0.6) is 0 Å². The van der Waals surface area contributed by atoms with E-state index in [-0.39, 0.29) is 0 Å². The van der Waals surface area contributed by atoms with Crippen molar-refractivity contribution in [2.45, 2.75) is 13.3 Å². The van der Waals surface area contributed by atoms with Crippen LogP contribution in [-0.2, 0) is 0 Å². The standard InChI is InChI=1S/C59H40N6/c1-37-25-29-45-44-21-11-12-23-47(44)56(60-51(45)33-37)42-28-32-55-50(36-42)49-35-41(40-26-30-53-48(34-40)46-22-13-14-24-52(46)64(53)43-19-9-4-10-20-43)27-31-54(49)65(55)59-62-57(38-15-5-2-6-16-38)61-58(63-59)39-17-7-3-8-18-39/h2-24,26-37H,25H2,1H3. The van der Waals surface area contributed by atoms with Crippen LogP contribution in [0.1, 0.15) is 13.3 Å². The topological polar surface area (TPSA) is 61.4 Å². The van der Waals surface area contributed by atoms with E-state index in [2.05, 4.69) is 186 Å². The number of para-hydroxylation sites is 2. The molecular formula is C59H40N6. The third-order valence-electron chi connectivity index (χ3n) is 13.1. The predicted octanol–water partition coefficient (Wildman–Crippen LogP) is 12.9. The molecule has 0 amide bonds. The summed E-state index contributed by atoms with van der Waals surface area (Å²) in [6.45, 7) is 2.27. The molecule has 65 heavy (non-hydrogen) atoms. The highest BCUT2D eigenvalue weighted by Gasteiger charge is 2.21. The second-order valence-corrected chi connectivity index (χ2v) is 17.1. The Morgan fingerprint density at radius 3 is 1.54 bits per heavy atom. The van der Waals surface area contributed by atoms with Crippen LogP contribution in [0.3, 0.4) is 0 Å². The smallest absolute Gasteiger partial charge is 0.238 e. The summed E-state index contributed by atoms with van der Waals surface area (Å²) < 4.78 is 4.57. The van der Waals surface area contributed by atoms with Gasteiger partial charge in [-0.2, -0.15) is 9.97 Å². The average molecular weight is 833 g/mol. The van der Waals surface area contributed by atoms with Crippen molar-refractivity contribution in [3.05, 3.63) is 205 Å². The Hall–Kier alpha value is -8.48. The van der Waals surface area contributed by atoms with Crippen LogP contribution in [0.25, 0.3) is 123 Å². The molecule has 6 nitrogen and oxygen atoms in total. The first-order valence-electron chi connectivity index (χ1n) is 22.3. The number of hydrogen-bond donors (Lipinski definition) is 0. The van der Waals surface area contributed by atoms with Gasteiger partial charge in [-0.05, 0) is 83.4 Å². The van der Waals surface area contributed by atoms with Gasteiger partial charge in [0.2, 0.25) is 5.95 Å². The van der Waals surface area contributed by atoms with E-state index in [1.165, 1.54) is 32.4 Å². The normalized spacial score (nSPS) is 13.6. The highest BCUT2D eigenvalue weighted by Crippen LogP contribution is 2.40. The molecule has 13 rings (SSSR count). The van der Waals surface area contributed by atoms with Gasteiger partial charge >= 0.3 is 0 Å². The van der Waals surface area contributed by atoms with Gasteiger partial charge in [0.15, 0.2) is 11.6 Å². The molecule has 0 saturated heterocycles. The molecule has 306 valence electrons. The maximum absolute atomic E-state index is 5.42. The van der Waals surface area contributed by atoms with Crippen molar-refractivity contribution in [1.29, 1.82) is 0 Å². The number of aromatic nitrogens is 6. The molecule has 4 heterocycles. The van der Waals surface area contributed by atoms with Crippen molar-refractivity contribution in [2.75, 3.05) is 0 Å². The molecule has 0 spiro atoms. The fraction of sp³-hybridized carbons (Fsp3) is 0.0508. The maximum Gasteiger partial charge on any atom is 0.238 e. The van der Waals surface area contributed by atoms with E-state index in [9.17, 15) is 0 Å². The molecule has 0 saturated carbocycles. The van der Waals surface area contributed by atoms with E-state index in [0.29, 0.717) is 23.5 Å². The van der Waals surface area contributed by atoms with E-state index in [0.717, 1.165) is 78.2 Å². The predicted molar refractivity (Wildman–Crippen MR) is 268 cm³/mol. The van der Waals surface area contributed by atoms with Crippen LogP contribution in [0.15, 0.2) is 194 Å². The number of fused-ring (bicyclic) bond motifs is 9. The quantitative estimate of drug-likeness (QED) is 0.167. The fourth-order valence-electron chi connectivity index (χ4n) is 9.98. The van der Waals surface area contributed by atoms with Crippen LogP contribution in [-0.4, -0.2) is 29.1 Å². The summed E-state index contributed by atoms with van der Waals surface area (Å²) >= 11 is 0. The van der Waals surface area contributed by atoms with Gasteiger partial charge in [0.25, 0.3) is 0 Å². The van der Waals surface area contributed by atoms with Gasteiger partial charge in [-0.15, -0.1) is 0 Å². The molecule has 0 aliphatic heterocycles. The van der Waals surface area contributed by atoms with Crippen LogP contribution >= 0.6 is 0 Å². The van der Waals surface area contributed by atoms with Gasteiger partial charge in [0.1, 0.15) is 0 Å². The Morgan fingerprint density at radius 2 is 0.892 bits per heavy atom. The van der Waals surface area contributed by atoms with E-state index in [4.69, 9.17) is 19.9 Å². The van der Waals surface area contributed by atoms with Crippen molar-refractivity contribution in [2.24, 2.45) is 5.92 Å². The van der Waals surface area contributed by atoms with Crippen molar-refractivity contribution < 1.29 is 0 Å². The van der Waals surface area contributed by atoms with Crippen molar-refractivity contribution in [1.82, 2.24) is 29.1 Å². The highest BCUT2D eigenvalue weighted by molar-refractivity contribution is 6.13. The summed E-state index contributed by atoms with van der Waals surface area (Å²) in [5, 5.41) is 9.30. The second-order valence-electron chi connectivity index (χ2n) is 17.1. The molecule has 1 unspecified atom stereocenters. The number of pyridine rings is 1. The Kier molecular flexibility index (Phi) is 8.46. The Bertz CT molecular complexity index is 3920. The zero-order valence-corrected chi connectivity index (χ0v) is 35.6. The first kappa shape index (κ1) is 37.1. The summed E-state index contributed by atoms with van der Waals surface area (Å²) in [6, 6.07) is 68.8. The number of rotatable bonds is 6.